The van der Waals surface area contributed by atoms with Crippen LogP contribution in [0.5, 0.6) is 0 Å². The Labute approximate surface area is 113 Å². The van der Waals surface area contributed by atoms with Gasteiger partial charge >= 0.3 is 5.97 Å². The summed E-state index contributed by atoms with van der Waals surface area (Å²) in [5.74, 6) is 0.0128. The molecule has 5 nitrogen and oxygen atoms in total. The summed E-state index contributed by atoms with van der Waals surface area (Å²) in [6, 6.07) is 0. The number of ketones is 1. The van der Waals surface area contributed by atoms with Crippen LogP contribution in [-0.4, -0.2) is 43.8 Å². The number of carbonyl (C=O) groups is 2. The van der Waals surface area contributed by atoms with Crippen LogP contribution < -0.4 is 0 Å². The zero-order valence-corrected chi connectivity index (χ0v) is 11.3. The lowest BCUT2D eigenvalue weighted by Crippen LogP contribution is -2.11. The first kappa shape index (κ1) is 14.5. The SMILES string of the molecule is O=C1CCCCOCC2OC2CCOC(=O)CCC1. The van der Waals surface area contributed by atoms with Gasteiger partial charge in [-0.1, -0.05) is 0 Å². The topological polar surface area (TPSA) is 65.1 Å². The predicted molar refractivity (Wildman–Crippen MR) is 67.8 cm³/mol. The van der Waals surface area contributed by atoms with Crippen molar-refractivity contribution in [3.05, 3.63) is 0 Å². The number of fused-ring (bicyclic) bond motifs is 1. The molecule has 2 fully saturated rings. The van der Waals surface area contributed by atoms with Gasteiger partial charge in [-0.25, -0.2) is 0 Å². The van der Waals surface area contributed by atoms with E-state index in [1.165, 1.54) is 0 Å². The summed E-state index contributed by atoms with van der Waals surface area (Å²) in [7, 11) is 0. The quantitative estimate of drug-likeness (QED) is 0.494. The Morgan fingerprint density at radius 2 is 1.74 bits per heavy atom. The minimum absolute atomic E-state index is 0.160. The minimum Gasteiger partial charge on any atom is -0.466 e. The summed E-state index contributed by atoms with van der Waals surface area (Å²) in [6.07, 6.45) is 4.84. The van der Waals surface area contributed by atoms with Crippen molar-refractivity contribution in [1.82, 2.24) is 0 Å². The number of hydrogen-bond acceptors (Lipinski definition) is 5. The van der Waals surface area contributed by atoms with Crippen molar-refractivity contribution in [2.24, 2.45) is 0 Å². The average Bonchev–Trinajstić information content (AvgIpc) is 3.11. The van der Waals surface area contributed by atoms with Gasteiger partial charge in [0.2, 0.25) is 0 Å². The molecule has 2 rings (SSSR count). The fraction of sp³-hybridized carbons (Fsp3) is 0.857. The maximum atomic E-state index is 11.5. The third-order valence-electron chi connectivity index (χ3n) is 3.47. The van der Waals surface area contributed by atoms with Crippen molar-refractivity contribution in [3.63, 3.8) is 0 Å². The number of hydrogen-bond donors (Lipinski definition) is 0. The van der Waals surface area contributed by atoms with Crippen LogP contribution in [0, 0.1) is 0 Å². The standard InChI is InChI=1S/C14H22O5/c15-11-4-1-2-8-17-10-13-12(19-13)7-9-18-14(16)6-3-5-11/h12-13H,1-10H2. The molecule has 0 aromatic heterocycles. The molecule has 2 unspecified atom stereocenters. The lowest BCUT2D eigenvalue weighted by atomic mass is 10.1. The molecule has 5 heteroatoms. The van der Waals surface area contributed by atoms with Crippen molar-refractivity contribution in [3.8, 4) is 0 Å². The third-order valence-corrected chi connectivity index (χ3v) is 3.47. The van der Waals surface area contributed by atoms with E-state index in [4.69, 9.17) is 14.2 Å². The second-order valence-corrected chi connectivity index (χ2v) is 5.15. The smallest absolute Gasteiger partial charge is 0.305 e. The fourth-order valence-electron chi connectivity index (χ4n) is 2.22. The van der Waals surface area contributed by atoms with Crippen LogP contribution in [0.4, 0.5) is 0 Å². The van der Waals surface area contributed by atoms with Crippen LogP contribution in [0.2, 0.25) is 0 Å². The van der Waals surface area contributed by atoms with Gasteiger partial charge in [0.1, 0.15) is 11.9 Å². The number of carbonyl (C=O) groups excluding carboxylic acids is 2. The molecule has 0 N–H and O–H groups in total. The van der Waals surface area contributed by atoms with E-state index in [0.717, 1.165) is 19.3 Å². The molecule has 0 aliphatic carbocycles. The van der Waals surface area contributed by atoms with Crippen LogP contribution >= 0.6 is 0 Å². The molecule has 2 saturated heterocycles. The largest absolute Gasteiger partial charge is 0.466 e. The van der Waals surface area contributed by atoms with Gasteiger partial charge in [-0.05, 0) is 19.3 Å². The molecular weight excluding hydrogens is 248 g/mol. The first-order valence-corrected chi connectivity index (χ1v) is 7.16. The Balaban J connectivity index is 1.71. The van der Waals surface area contributed by atoms with Crippen molar-refractivity contribution >= 4 is 11.8 Å². The van der Waals surface area contributed by atoms with E-state index in [9.17, 15) is 9.59 Å². The Hall–Kier alpha value is -0.940. The zero-order valence-electron chi connectivity index (χ0n) is 11.3. The second kappa shape index (κ2) is 7.60. The van der Waals surface area contributed by atoms with Crippen LogP contribution in [0.15, 0.2) is 0 Å². The van der Waals surface area contributed by atoms with Crippen molar-refractivity contribution in [2.45, 2.75) is 57.2 Å². The highest BCUT2D eigenvalue weighted by Gasteiger charge is 2.38. The average molecular weight is 270 g/mol. The Kier molecular flexibility index (Phi) is 5.79. The minimum atomic E-state index is -0.214. The molecular formula is C14H22O5. The molecule has 0 radical (unpaired) electrons. The number of rotatable bonds is 0. The first-order chi connectivity index (χ1) is 9.25. The Bertz CT molecular complexity index is 315. The molecule has 2 atom stereocenters. The highest BCUT2D eigenvalue weighted by molar-refractivity contribution is 5.79. The normalized spacial score (nSPS) is 31.4. The summed E-state index contributed by atoms with van der Waals surface area (Å²) in [4.78, 5) is 22.9. The predicted octanol–water partition coefficient (Wildman–Crippen LogP) is 1.63. The van der Waals surface area contributed by atoms with Crippen molar-refractivity contribution < 1.29 is 23.8 Å². The van der Waals surface area contributed by atoms with Crippen LogP contribution in [0.1, 0.15) is 44.9 Å². The summed E-state index contributed by atoms with van der Waals surface area (Å²) in [6.45, 7) is 1.69. The summed E-state index contributed by atoms with van der Waals surface area (Å²) < 4.78 is 16.0. The lowest BCUT2D eigenvalue weighted by molar-refractivity contribution is -0.143. The first-order valence-electron chi connectivity index (χ1n) is 7.16. The van der Waals surface area contributed by atoms with E-state index in [2.05, 4.69) is 0 Å². The van der Waals surface area contributed by atoms with Crippen LogP contribution in [-0.2, 0) is 23.8 Å². The third kappa shape index (κ3) is 5.70. The van der Waals surface area contributed by atoms with E-state index in [1.807, 2.05) is 0 Å². The summed E-state index contributed by atoms with van der Waals surface area (Å²) >= 11 is 0. The summed E-state index contributed by atoms with van der Waals surface area (Å²) in [5, 5.41) is 0. The van der Waals surface area contributed by atoms with Gasteiger partial charge in [-0.2, -0.15) is 0 Å². The Morgan fingerprint density at radius 3 is 2.63 bits per heavy atom. The maximum Gasteiger partial charge on any atom is 0.305 e. The van der Waals surface area contributed by atoms with E-state index in [-0.39, 0.29) is 24.0 Å². The molecule has 108 valence electrons. The fourth-order valence-corrected chi connectivity index (χ4v) is 2.22. The van der Waals surface area contributed by atoms with Crippen LogP contribution in [0.25, 0.3) is 0 Å². The van der Waals surface area contributed by atoms with E-state index >= 15 is 0 Å². The van der Waals surface area contributed by atoms with E-state index in [1.54, 1.807) is 0 Å². The molecule has 0 aromatic carbocycles. The molecule has 2 heterocycles. The van der Waals surface area contributed by atoms with Crippen molar-refractivity contribution in [1.29, 1.82) is 0 Å². The van der Waals surface area contributed by atoms with E-state index < -0.39 is 0 Å². The molecule has 2 aliphatic heterocycles. The lowest BCUT2D eigenvalue weighted by Gasteiger charge is -2.05. The molecule has 0 spiro atoms. The molecule has 0 aromatic rings. The zero-order chi connectivity index (χ0) is 13.5. The highest BCUT2D eigenvalue weighted by atomic mass is 16.6. The molecule has 2 aliphatic rings. The molecule has 19 heavy (non-hydrogen) atoms. The second-order valence-electron chi connectivity index (χ2n) is 5.15. The summed E-state index contributed by atoms with van der Waals surface area (Å²) in [5.41, 5.74) is 0. The van der Waals surface area contributed by atoms with Gasteiger partial charge in [0.15, 0.2) is 0 Å². The number of esters is 1. The number of cyclic esters (lactones) is 1. The van der Waals surface area contributed by atoms with Gasteiger partial charge in [-0.3, -0.25) is 9.59 Å². The number of ether oxygens (including phenoxy) is 3. The monoisotopic (exact) mass is 270 g/mol. The molecule has 0 amide bonds. The van der Waals surface area contributed by atoms with Gasteiger partial charge in [0.25, 0.3) is 0 Å². The maximum absolute atomic E-state index is 11.5. The van der Waals surface area contributed by atoms with Crippen LogP contribution in [0.3, 0.4) is 0 Å². The number of Topliss-reactive ketones (excluding diaryl/α,β-unsaturated/α-hetero) is 1. The Morgan fingerprint density at radius 1 is 0.895 bits per heavy atom. The van der Waals surface area contributed by atoms with Gasteiger partial charge in [0, 0.05) is 32.3 Å². The highest BCUT2D eigenvalue weighted by Crippen LogP contribution is 2.25. The molecule has 0 bridgehead atoms. The van der Waals surface area contributed by atoms with Crippen molar-refractivity contribution in [2.75, 3.05) is 19.8 Å². The van der Waals surface area contributed by atoms with Gasteiger partial charge in [-0.15, -0.1) is 0 Å². The van der Waals surface area contributed by atoms with E-state index in [0.29, 0.717) is 45.5 Å². The van der Waals surface area contributed by atoms with Gasteiger partial charge in [0.05, 0.1) is 19.3 Å². The number of epoxide rings is 1. The van der Waals surface area contributed by atoms with Gasteiger partial charge < -0.3 is 14.2 Å². The molecule has 0 saturated carbocycles.